The first-order valence-corrected chi connectivity index (χ1v) is 10.7. The Morgan fingerprint density at radius 3 is 2.62 bits per heavy atom. The lowest BCUT2D eigenvalue weighted by molar-refractivity contribution is 0.0951. The highest BCUT2D eigenvalue weighted by atomic mass is 16.5. The van der Waals surface area contributed by atoms with Crippen LogP contribution >= 0.6 is 0 Å². The Morgan fingerprint density at radius 2 is 1.84 bits per heavy atom. The maximum Gasteiger partial charge on any atom is 0.251 e. The van der Waals surface area contributed by atoms with E-state index < -0.39 is 0 Å². The second-order valence-electron chi connectivity index (χ2n) is 7.74. The number of carbonyl (C=O) groups excluding carboxylic acids is 1. The lowest BCUT2D eigenvalue weighted by atomic mass is 10.2. The van der Waals surface area contributed by atoms with Crippen molar-refractivity contribution >= 4 is 11.6 Å². The predicted molar refractivity (Wildman–Crippen MR) is 124 cm³/mol. The van der Waals surface area contributed by atoms with Gasteiger partial charge in [0, 0.05) is 24.5 Å². The van der Waals surface area contributed by atoms with Crippen LogP contribution in [0.1, 0.15) is 33.6 Å². The first kappa shape index (κ1) is 21.4. The van der Waals surface area contributed by atoms with Crippen molar-refractivity contribution in [3.05, 3.63) is 95.4 Å². The third-order valence-electron chi connectivity index (χ3n) is 5.10. The van der Waals surface area contributed by atoms with E-state index in [0.717, 1.165) is 34.6 Å². The molecule has 1 amide bonds. The molecule has 0 saturated carbocycles. The van der Waals surface area contributed by atoms with E-state index in [-0.39, 0.29) is 5.91 Å². The lowest BCUT2D eigenvalue weighted by Gasteiger charge is -2.09. The molecular weight excluding hydrogens is 402 g/mol. The average Bonchev–Trinajstić information content (AvgIpc) is 3.22. The van der Waals surface area contributed by atoms with Crippen LogP contribution in [0.15, 0.2) is 73.1 Å². The summed E-state index contributed by atoms with van der Waals surface area (Å²) in [5.41, 5.74) is 4.67. The molecule has 0 unspecified atom stereocenters. The van der Waals surface area contributed by atoms with Crippen LogP contribution in [0.3, 0.4) is 0 Å². The van der Waals surface area contributed by atoms with Crippen molar-refractivity contribution < 1.29 is 14.3 Å². The summed E-state index contributed by atoms with van der Waals surface area (Å²) in [5.74, 6) is 1.44. The number of hydrogen-bond donors (Lipinski definition) is 1. The van der Waals surface area contributed by atoms with Crippen LogP contribution in [0, 0.1) is 13.8 Å². The molecule has 4 aromatic rings. The van der Waals surface area contributed by atoms with Gasteiger partial charge in [-0.05, 0) is 73.9 Å². The number of aromatic nitrogens is 2. The highest BCUT2D eigenvalue weighted by molar-refractivity contribution is 5.94. The molecule has 0 aliphatic carbocycles. The number of imidazole rings is 1. The Bertz CT molecular complexity index is 1200. The molecule has 0 radical (unpaired) electrons. The van der Waals surface area contributed by atoms with Gasteiger partial charge in [-0.2, -0.15) is 0 Å². The van der Waals surface area contributed by atoms with E-state index >= 15 is 0 Å². The normalized spacial score (nSPS) is 10.8. The van der Waals surface area contributed by atoms with Crippen molar-refractivity contribution in [3.8, 4) is 11.5 Å². The number of nitrogens with one attached hydrogen (secondary N) is 1. The largest absolute Gasteiger partial charge is 0.494 e. The molecule has 2 heterocycles. The van der Waals surface area contributed by atoms with Gasteiger partial charge in [0.2, 0.25) is 0 Å². The van der Waals surface area contributed by atoms with Crippen LogP contribution in [0.5, 0.6) is 11.5 Å². The smallest absolute Gasteiger partial charge is 0.251 e. The molecule has 0 aliphatic heterocycles. The summed E-state index contributed by atoms with van der Waals surface area (Å²) in [6, 6.07) is 19.1. The molecule has 32 heavy (non-hydrogen) atoms. The van der Waals surface area contributed by atoms with Crippen LogP contribution < -0.4 is 14.8 Å². The van der Waals surface area contributed by atoms with E-state index in [0.29, 0.717) is 31.1 Å². The molecule has 2 aromatic carbocycles. The molecular formula is C26H27N3O3. The minimum Gasteiger partial charge on any atom is -0.494 e. The predicted octanol–water partition coefficient (Wildman–Crippen LogP) is 4.73. The number of rotatable bonds is 9. The first-order chi connectivity index (χ1) is 15.6. The summed E-state index contributed by atoms with van der Waals surface area (Å²) < 4.78 is 13.5. The number of ether oxygens (including phenoxy) is 2. The van der Waals surface area contributed by atoms with E-state index in [4.69, 9.17) is 9.47 Å². The summed E-state index contributed by atoms with van der Waals surface area (Å²) in [6.45, 7) is 5.54. The Labute approximate surface area is 187 Å². The van der Waals surface area contributed by atoms with Gasteiger partial charge < -0.3 is 19.2 Å². The van der Waals surface area contributed by atoms with E-state index in [1.54, 1.807) is 24.3 Å². The highest BCUT2D eigenvalue weighted by Gasteiger charge is 2.07. The Hall–Kier alpha value is -3.80. The number of hydrogen-bond acceptors (Lipinski definition) is 4. The summed E-state index contributed by atoms with van der Waals surface area (Å²) in [5, 5.41) is 2.92. The third kappa shape index (κ3) is 5.46. The molecule has 164 valence electrons. The average molecular weight is 430 g/mol. The van der Waals surface area contributed by atoms with Crippen LogP contribution in [0.4, 0.5) is 0 Å². The Balaban J connectivity index is 1.21. The van der Waals surface area contributed by atoms with E-state index in [1.807, 2.05) is 67.0 Å². The summed E-state index contributed by atoms with van der Waals surface area (Å²) in [6.07, 6.45) is 4.67. The zero-order chi connectivity index (χ0) is 22.3. The van der Waals surface area contributed by atoms with Gasteiger partial charge in [0.1, 0.15) is 23.8 Å². The van der Waals surface area contributed by atoms with Gasteiger partial charge in [-0.15, -0.1) is 0 Å². The van der Waals surface area contributed by atoms with E-state index in [9.17, 15) is 4.79 Å². The molecule has 0 aliphatic rings. The number of benzene rings is 2. The first-order valence-electron chi connectivity index (χ1n) is 10.7. The van der Waals surface area contributed by atoms with Gasteiger partial charge in [-0.25, -0.2) is 4.98 Å². The molecule has 0 bridgehead atoms. The molecule has 0 spiro atoms. The molecule has 4 rings (SSSR count). The zero-order valence-corrected chi connectivity index (χ0v) is 18.4. The van der Waals surface area contributed by atoms with Crippen molar-refractivity contribution in [3.63, 3.8) is 0 Å². The number of carbonyl (C=O) groups is 1. The minimum absolute atomic E-state index is 0.108. The third-order valence-corrected chi connectivity index (χ3v) is 5.10. The Morgan fingerprint density at radius 1 is 1.00 bits per heavy atom. The molecule has 0 saturated heterocycles. The van der Waals surface area contributed by atoms with Gasteiger partial charge in [0.25, 0.3) is 5.91 Å². The molecule has 6 nitrogen and oxygen atoms in total. The summed E-state index contributed by atoms with van der Waals surface area (Å²) >= 11 is 0. The van der Waals surface area contributed by atoms with Gasteiger partial charge in [0.15, 0.2) is 0 Å². The van der Waals surface area contributed by atoms with Crippen molar-refractivity contribution in [1.29, 1.82) is 0 Å². The Kier molecular flexibility index (Phi) is 6.70. The van der Waals surface area contributed by atoms with E-state index in [1.165, 1.54) is 0 Å². The standard InChI is InChI=1S/C26H27N3O3/c1-19-6-3-8-24(16-19)31-15-5-13-27-26(30)21-9-11-23(12-10-21)32-18-22-17-29-14-4-7-20(2)25(29)28-22/h3-4,6-12,14,16-17H,5,13,15,18H2,1-2H3,(H,27,30). The highest BCUT2D eigenvalue weighted by Crippen LogP contribution is 2.16. The van der Waals surface area contributed by atoms with Gasteiger partial charge >= 0.3 is 0 Å². The van der Waals surface area contributed by atoms with Gasteiger partial charge in [-0.1, -0.05) is 18.2 Å². The zero-order valence-electron chi connectivity index (χ0n) is 18.4. The number of aryl methyl sites for hydroxylation is 2. The van der Waals surface area contributed by atoms with Crippen LogP contribution in [-0.4, -0.2) is 28.4 Å². The van der Waals surface area contributed by atoms with Crippen molar-refractivity contribution in [2.24, 2.45) is 0 Å². The molecule has 0 fully saturated rings. The molecule has 1 N–H and O–H groups in total. The number of amides is 1. The minimum atomic E-state index is -0.108. The second-order valence-corrected chi connectivity index (χ2v) is 7.74. The number of nitrogens with zero attached hydrogens (tertiary/aromatic N) is 2. The number of pyridine rings is 1. The molecule has 6 heteroatoms. The van der Waals surface area contributed by atoms with Crippen LogP contribution in [-0.2, 0) is 6.61 Å². The van der Waals surface area contributed by atoms with Crippen molar-refractivity contribution in [1.82, 2.24) is 14.7 Å². The quantitative estimate of drug-likeness (QED) is 0.391. The SMILES string of the molecule is Cc1cccc(OCCCNC(=O)c2ccc(OCc3cn4cccc(C)c4n3)cc2)c1. The van der Waals surface area contributed by atoms with Crippen LogP contribution in [0.25, 0.3) is 5.65 Å². The number of fused-ring (bicyclic) bond motifs is 1. The topological polar surface area (TPSA) is 64.9 Å². The fraction of sp³-hybridized carbons (Fsp3) is 0.231. The van der Waals surface area contributed by atoms with Gasteiger partial charge in [0.05, 0.1) is 12.3 Å². The van der Waals surface area contributed by atoms with Crippen LogP contribution in [0.2, 0.25) is 0 Å². The van der Waals surface area contributed by atoms with E-state index in [2.05, 4.69) is 10.3 Å². The van der Waals surface area contributed by atoms with Gasteiger partial charge in [-0.3, -0.25) is 4.79 Å². The fourth-order valence-corrected chi connectivity index (χ4v) is 3.41. The maximum absolute atomic E-state index is 12.3. The summed E-state index contributed by atoms with van der Waals surface area (Å²) in [4.78, 5) is 16.9. The lowest BCUT2D eigenvalue weighted by Crippen LogP contribution is -2.25. The summed E-state index contributed by atoms with van der Waals surface area (Å²) in [7, 11) is 0. The van der Waals surface area contributed by atoms with Crippen molar-refractivity contribution in [2.75, 3.05) is 13.2 Å². The maximum atomic E-state index is 12.3. The fourth-order valence-electron chi connectivity index (χ4n) is 3.41. The molecule has 0 atom stereocenters. The second kappa shape index (κ2) is 10.0. The van der Waals surface area contributed by atoms with Crippen molar-refractivity contribution in [2.45, 2.75) is 26.9 Å². The monoisotopic (exact) mass is 429 g/mol. The molecule has 2 aromatic heterocycles.